The molecule has 19 heavy (non-hydrogen) atoms. The molecule has 0 spiro atoms. The molecule has 0 aliphatic heterocycles. The molecule has 0 aliphatic carbocycles. The van der Waals surface area contributed by atoms with Crippen molar-refractivity contribution in [1.29, 1.82) is 0 Å². The molecule has 0 saturated carbocycles. The quantitative estimate of drug-likeness (QED) is 0.394. The molecule has 0 radical (unpaired) electrons. The van der Waals surface area contributed by atoms with Crippen LogP contribution in [0.2, 0.25) is 15.2 Å². The summed E-state index contributed by atoms with van der Waals surface area (Å²) in [5.41, 5.74) is 0. The molecule has 108 valence electrons. The zero-order chi connectivity index (χ0) is 14.5. The van der Waals surface area contributed by atoms with Crippen LogP contribution in [0.4, 0.5) is 0 Å². The van der Waals surface area contributed by atoms with Crippen molar-refractivity contribution in [3.05, 3.63) is 21.3 Å². The molecule has 5 nitrogen and oxygen atoms in total. The van der Waals surface area contributed by atoms with Gasteiger partial charge >= 0.3 is 7.82 Å². The average Bonchev–Trinajstić information content (AvgIpc) is 2.36. The monoisotopic (exact) mass is 347 g/mol. The molecule has 0 saturated heterocycles. The maximum absolute atomic E-state index is 12.1. The lowest BCUT2D eigenvalue weighted by Gasteiger charge is -2.16. The fraction of sp³-hybridized carbons (Fsp3) is 0.500. The van der Waals surface area contributed by atoms with E-state index in [0.29, 0.717) is 0 Å². The van der Waals surface area contributed by atoms with E-state index < -0.39 is 7.82 Å². The average molecular weight is 349 g/mol. The van der Waals surface area contributed by atoms with Crippen molar-refractivity contribution in [3.63, 3.8) is 0 Å². The number of rotatable bonds is 7. The van der Waals surface area contributed by atoms with Gasteiger partial charge in [0, 0.05) is 7.11 Å². The Hall–Kier alpha value is -0.0300. The van der Waals surface area contributed by atoms with Crippen molar-refractivity contribution in [2.45, 2.75) is 19.8 Å². The van der Waals surface area contributed by atoms with Crippen LogP contribution in [0.1, 0.15) is 19.8 Å². The van der Waals surface area contributed by atoms with Gasteiger partial charge in [0.25, 0.3) is 0 Å². The molecule has 1 heterocycles. The molecule has 9 heteroatoms. The van der Waals surface area contributed by atoms with Gasteiger partial charge in [-0.05, 0) is 12.5 Å². The molecule has 1 atom stereocenters. The molecule has 0 bridgehead atoms. The van der Waals surface area contributed by atoms with Gasteiger partial charge in [0.2, 0.25) is 5.88 Å². The molecule has 0 aromatic carbocycles. The van der Waals surface area contributed by atoms with Crippen molar-refractivity contribution in [1.82, 2.24) is 4.98 Å². The molecule has 1 unspecified atom stereocenters. The highest BCUT2D eigenvalue weighted by Crippen LogP contribution is 2.50. The molecule has 1 rings (SSSR count). The van der Waals surface area contributed by atoms with Crippen LogP contribution >= 0.6 is 42.6 Å². The number of hydrogen-bond donors (Lipinski definition) is 0. The Balaban J connectivity index is 2.86. The smallest absolute Gasteiger partial charge is 0.384 e. The normalized spacial score (nSPS) is 14.2. The minimum atomic E-state index is -3.76. The van der Waals surface area contributed by atoms with Crippen molar-refractivity contribution >= 4 is 42.6 Å². The van der Waals surface area contributed by atoms with E-state index in [1.54, 1.807) is 0 Å². The SMILES string of the molecule is CCCCOP(=O)(OC)Oc1nc(Cl)c(Cl)cc1Cl. The van der Waals surface area contributed by atoms with Crippen molar-refractivity contribution in [3.8, 4) is 5.88 Å². The van der Waals surface area contributed by atoms with Gasteiger partial charge in [-0.1, -0.05) is 48.1 Å². The first-order valence-corrected chi connectivity index (χ1v) is 8.02. The lowest BCUT2D eigenvalue weighted by Crippen LogP contribution is -2.03. The third kappa shape index (κ3) is 5.10. The summed E-state index contributed by atoms with van der Waals surface area (Å²) in [6, 6.07) is 1.33. The number of nitrogens with zero attached hydrogens (tertiary/aromatic N) is 1. The number of hydrogen-bond acceptors (Lipinski definition) is 5. The lowest BCUT2D eigenvalue weighted by molar-refractivity contribution is 0.176. The Kier molecular flexibility index (Phi) is 6.87. The lowest BCUT2D eigenvalue weighted by atomic mass is 10.4. The van der Waals surface area contributed by atoms with Gasteiger partial charge in [0.1, 0.15) is 5.02 Å². The third-order valence-electron chi connectivity index (χ3n) is 2.02. The first-order valence-electron chi connectivity index (χ1n) is 5.43. The maximum Gasteiger partial charge on any atom is 0.531 e. The van der Waals surface area contributed by atoms with Gasteiger partial charge in [-0.25, -0.2) is 4.57 Å². The molecular formula is C10H13Cl3NO4P. The Morgan fingerprint density at radius 1 is 1.32 bits per heavy atom. The van der Waals surface area contributed by atoms with Crippen LogP contribution < -0.4 is 4.52 Å². The third-order valence-corrected chi connectivity index (χ3v) is 4.31. The van der Waals surface area contributed by atoms with E-state index in [9.17, 15) is 4.57 Å². The van der Waals surface area contributed by atoms with Gasteiger partial charge in [0.05, 0.1) is 11.6 Å². The highest BCUT2D eigenvalue weighted by molar-refractivity contribution is 7.48. The van der Waals surface area contributed by atoms with Crippen LogP contribution in [0, 0.1) is 0 Å². The van der Waals surface area contributed by atoms with Crippen molar-refractivity contribution in [2.75, 3.05) is 13.7 Å². The summed E-state index contributed by atoms with van der Waals surface area (Å²) in [7, 11) is -2.56. The molecule has 1 aromatic rings. The summed E-state index contributed by atoms with van der Waals surface area (Å²) in [5.74, 6) is -0.155. The zero-order valence-corrected chi connectivity index (χ0v) is 13.5. The number of phosphoric ester groups is 1. The summed E-state index contributed by atoms with van der Waals surface area (Å²) < 4.78 is 27.1. The summed E-state index contributed by atoms with van der Waals surface area (Å²) in [5, 5.41) is 0.209. The van der Waals surface area contributed by atoms with E-state index in [1.807, 2.05) is 6.92 Å². The molecular weight excluding hydrogens is 335 g/mol. The topological polar surface area (TPSA) is 57.7 Å². The highest BCUT2D eigenvalue weighted by Gasteiger charge is 2.29. The number of pyridine rings is 1. The molecule has 0 N–H and O–H groups in total. The molecule has 0 fully saturated rings. The van der Waals surface area contributed by atoms with Gasteiger partial charge in [-0.15, -0.1) is 0 Å². The number of phosphoric acid groups is 1. The van der Waals surface area contributed by atoms with E-state index in [2.05, 4.69) is 4.98 Å². The van der Waals surface area contributed by atoms with Gasteiger partial charge in [-0.3, -0.25) is 9.05 Å². The van der Waals surface area contributed by atoms with Crippen molar-refractivity contribution in [2.24, 2.45) is 0 Å². The van der Waals surface area contributed by atoms with Crippen LogP contribution in [0.3, 0.4) is 0 Å². The van der Waals surface area contributed by atoms with Crippen LogP contribution in [0.15, 0.2) is 6.07 Å². The summed E-state index contributed by atoms with van der Waals surface area (Å²) >= 11 is 17.3. The second kappa shape index (κ2) is 7.67. The number of aromatic nitrogens is 1. The predicted octanol–water partition coefficient (Wildman–Crippen LogP) is 4.99. The molecule has 1 aromatic heterocycles. The Morgan fingerprint density at radius 3 is 2.58 bits per heavy atom. The van der Waals surface area contributed by atoms with Gasteiger partial charge in [-0.2, -0.15) is 4.98 Å². The van der Waals surface area contributed by atoms with E-state index in [1.165, 1.54) is 13.2 Å². The fourth-order valence-electron chi connectivity index (χ4n) is 1.04. The number of unbranched alkanes of at least 4 members (excludes halogenated alkanes) is 1. The van der Waals surface area contributed by atoms with Crippen LogP contribution in [-0.4, -0.2) is 18.7 Å². The van der Waals surface area contributed by atoms with Crippen molar-refractivity contribution < 1.29 is 18.1 Å². The van der Waals surface area contributed by atoms with E-state index >= 15 is 0 Å². The largest absolute Gasteiger partial charge is 0.531 e. The van der Waals surface area contributed by atoms with E-state index in [-0.39, 0.29) is 27.7 Å². The summed E-state index contributed by atoms with van der Waals surface area (Å²) in [4.78, 5) is 3.78. The fourth-order valence-corrected chi connectivity index (χ4v) is 2.55. The highest BCUT2D eigenvalue weighted by atomic mass is 35.5. The Labute approximate surface area is 126 Å². The predicted molar refractivity (Wildman–Crippen MR) is 75.4 cm³/mol. The zero-order valence-electron chi connectivity index (χ0n) is 10.4. The first-order chi connectivity index (χ1) is 8.91. The van der Waals surface area contributed by atoms with Crippen LogP contribution in [0.5, 0.6) is 5.88 Å². The van der Waals surface area contributed by atoms with Gasteiger partial charge in [0.15, 0.2) is 5.15 Å². The van der Waals surface area contributed by atoms with Gasteiger partial charge < -0.3 is 4.52 Å². The van der Waals surface area contributed by atoms with E-state index in [0.717, 1.165) is 12.8 Å². The standard InChI is InChI=1S/C10H13Cl3NO4P/c1-3-4-5-17-19(15,16-2)18-10-8(12)6-7(11)9(13)14-10/h6H,3-5H2,1-2H3. The summed E-state index contributed by atoms with van der Waals surface area (Å²) in [6.45, 7) is 2.21. The van der Waals surface area contributed by atoms with Crippen LogP contribution in [0.25, 0.3) is 0 Å². The minimum absolute atomic E-state index is 0.0164. The minimum Gasteiger partial charge on any atom is -0.384 e. The Bertz CT molecular complexity index is 486. The first kappa shape index (κ1) is 17.0. The maximum atomic E-state index is 12.1. The van der Waals surface area contributed by atoms with Crippen LogP contribution in [-0.2, 0) is 13.6 Å². The number of halogens is 3. The second-order valence-corrected chi connectivity index (χ2v) is 6.33. The Morgan fingerprint density at radius 2 is 2.00 bits per heavy atom. The summed E-state index contributed by atoms with van der Waals surface area (Å²) in [6.07, 6.45) is 1.61. The molecule has 0 aliphatic rings. The second-order valence-electron chi connectivity index (χ2n) is 3.46. The molecule has 0 amide bonds. The van der Waals surface area contributed by atoms with E-state index in [4.69, 9.17) is 48.4 Å².